The van der Waals surface area contributed by atoms with Crippen molar-refractivity contribution in [2.75, 3.05) is 11.1 Å². The van der Waals surface area contributed by atoms with Crippen LogP contribution in [-0.4, -0.2) is 20.2 Å². The molecular formula is C9H12N6. The van der Waals surface area contributed by atoms with Crippen LogP contribution in [0.5, 0.6) is 0 Å². The number of aromatic amines is 1. The van der Waals surface area contributed by atoms with Crippen LogP contribution in [0.3, 0.4) is 0 Å². The highest BCUT2D eigenvalue weighted by Crippen LogP contribution is 2.13. The lowest BCUT2D eigenvalue weighted by Crippen LogP contribution is -2.04. The van der Waals surface area contributed by atoms with Gasteiger partial charge in [-0.05, 0) is 13.0 Å². The first-order valence-electron chi connectivity index (χ1n) is 4.57. The molecule has 0 unspecified atom stereocenters. The summed E-state index contributed by atoms with van der Waals surface area (Å²) in [4.78, 5) is 8.28. The number of H-pyrrole nitrogens is 1. The summed E-state index contributed by atoms with van der Waals surface area (Å²) in [5.41, 5.74) is 7.32. The van der Waals surface area contributed by atoms with Crippen molar-refractivity contribution in [3.05, 3.63) is 30.0 Å². The Morgan fingerprint density at radius 3 is 3.07 bits per heavy atom. The molecule has 2 aromatic heterocycles. The summed E-state index contributed by atoms with van der Waals surface area (Å²) >= 11 is 0. The maximum absolute atomic E-state index is 5.62. The van der Waals surface area contributed by atoms with Crippen molar-refractivity contribution in [2.45, 2.75) is 13.5 Å². The predicted molar refractivity (Wildman–Crippen MR) is 57.1 cm³/mol. The Morgan fingerprint density at radius 1 is 1.53 bits per heavy atom. The molecule has 0 aliphatic heterocycles. The topological polar surface area (TPSA) is 92.5 Å². The number of hydrogen-bond donors (Lipinski definition) is 3. The minimum atomic E-state index is 0.528. The average molecular weight is 204 g/mol. The molecule has 4 N–H and O–H groups in total. The van der Waals surface area contributed by atoms with Crippen molar-refractivity contribution in [3.8, 4) is 0 Å². The van der Waals surface area contributed by atoms with Crippen molar-refractivity contribution < 1.29 is 0 Å². The minimum absolute atomic E-state index is 0.528. The average Bonchev–Trinajstić information content (AvgIpc) is 2.61. The molecule has 0 aliphatic rings. The van der Waals surface area contributed by atoms with Gasteiger partial charge in [0.2, 0.25) is 0 Å². The predicted octanol–water partition coefficient (Wildman–Crippen LogP) is 0.702. The summed E-state index contributed by atoms with van der Waals surface area (Å²) in [6.45, 7) is 2.46. The Morgan fingerprint density at radius 2 is 2.40 bits per heavy atom. The summed E-state index contributed by atoms with van der Waals surface area (Å²) in [5, 5.41) is 9.58. The zero-order valence-electron chi connectivity index (χ0n) is 8.36. The molecule has 0 amide bonds. The number of aromatic nitrogens is 4. The van der Waals surface area contributed by atoms with Crippen LogP contribution in [0, 0.1) is 6.92 Å². The van der Waals surface area contributed by atoms with E-state index in [9.17, 15) is 0 Å². The first kappa shape index (κ1) is 9.45. The molecule has 0 saturated heterocycles. The fourth-order valence-electron chi connectivity index (χ4n) is 1.23. The maximum Gasteiger partial charge on any atom is 0.142 e. The van der Waals surface area contributed by atoms with E-state index >= 15 is 0 Å². The third-order valence-corrected chi connectivity index (χ3v) is 1.96. The fourth-order valence-corrected chi connectivity index (χ4v) is 1.23. The Kier molecular flexibility index (Phi) is 2.49. The van der Waals surface area contributed by atoms with E-state index in [0.29, 0.717) is 12.4 Å². The first-order valence-corrected chi connectivity index (χ1v) is 4.57. The van der Waals surface area contributed by atoms with Gasteiger partial charge in [-0.1, -0.05) is 0 Å². The van der Waals surface area contributed by atoms with Crippen LogP contribution in [-0.2, 0) is 6.54 Å². The second-order valence-electron chi connectivity index (χ2n) is 3.15. The molecular weight excluding hydrogens is 192 g/mol. The molecule has 78 valence electrons. The quantitative estimate of drug-likeness (QED) is 0.684. The first-order chi connectivity index (χ1) is 7.25. The van der Waals surface area contributed by atoms with Crippen molar-refractivity contribution >= 4 is 11.5 Å². The zero-order chi connectivity index (χ0) is 10.7. The van der Waals surface area contributed by atoms with Gasteiger partial charge in [0.1, 0.15) is 11.6 Å². The molecule has 6 nitrogen and oxygen atoms in total. The maximum atomic E-state index is 5.62. The van der Waals surface area contributed by atoms with Gasteiger partial charge in [0, 0.05) is 6.20 Å². The molecule has 0 aromatic carbocycles. The van der Waals surface area contributed by atoms with Crippen LogP contribution in [0.2, 0.25) is 0 Å². The Hall–Kier alpha value is -2.11. The van der Waals surface area contributed by atoms with Crippen LogP contribution in [0.4, 0.5) is 11.5 Å². The molecule has 15 heavy (non-hydrogen) atoms. The van der Waals surface area contributed by atoms with Gasteiger partial charge in [-0.25, -0.2) is 9.97 Å². The van der Waals surface area contributed by atoms with Gasteiger partial charge >= 0.3 is 0 Å². The molecule has 6 heteroatoms. The third-order valence-electron chi connectivity index (χ3n) is 1.96. The summed E-state index contributed by atoms with van der Waals surface area (Å²) in [5.74, 6) is 1.29. The minimum Gasteiger partial charge on any atom is -0.382 e. The number of aryl methyl sites for hydroxylation is 1. The highest BCUT2D eigenvalue weighted by atomic mass is 15.2. The molecule has 2 heterocycles. The van der Waals surface area contributed by atoms with E-state index < -0.39 is 0 Å². The molecule has 0 fully saturated rings. The molecule has 0 spiro atoms. The largest absolute Gasteiger partial charge is 0.382 e. The normalized spacial score (nSPS) is 10.2. The second kappa shape index (κ2) is 3.95. The summed E-state index contributed by atoms with van der Waals surface area (Å²) < 4.78 is 0. The lowest BCUT2D eigenvalue weighted by Gasteiger charge is -2.04. The van der Waals surface area contributed by atoms with E-state index in [1.165, 1.54) is 0 Å². The second-order valence-corrected chi connectivity index (χ2v) is 3.15. The Balaban J connectivity index is 2.02. The van der Waals surface area contributed by atoms with Gasteiger partial charge in [0.05, 0.1) is 24.1 Å². The van der Waals surface area contributed by atoms with Crippen molar-refractivity contribution in [3.63, 3.8) is 0 Å². The van der Waals surface area contributed by atoms with Crippen molar-refractivity contribution in [1.82, 2.24) is 20.2 Å². The van der Waals surface area contributed by atoms with E-state index in [4.69, 9.17) is 5.73 Å². The number of nitrogens with two attached hydrogens (primary N) is 1. The number of anilines is 2. The monoisotopic (exact) mass is 204 g/mol. The Bertz CT molecular complexity index is 449. The van der Waals surface area contributed by atoms with Crippen LogP contribution in [0.25, 0.3) is 0 Å². The lowest BCUT2D eigenvalue weighted by atomic mass is 10.4. The van der Waals surface area contributed by atoms with Crippen LogP contribution >= 0.6 is 0 Å². The van der Waals surface area contributed by atoms with E-state index in [-0.39, 0.29) is 0 Å². The SMILES string of the molecule is Cc1nccc(CNc2cn[nH]c2N)n1. The third kappa shape index (κ3) is 2.22. The smallest absolute Gasteiger partial charge is 0.142 e. The molecule has 0 atom stereocenters. The zero-order valence-corrected chi connectivity index (χ0v) is 8.36. The van der Waals surface area contributed by atoms with E-state index in [0.717, 1.165) is 17.2 Å². The molecule has 0 aliphatic carbocycles. The van der Waals surface area contributed by atoms with Gasteiger partial charge in [0.15, 0.2) is 0 Å². The fraction of sp³-hybridized carbons (Fsp3) is 0.222. The lowest BCUT2D eigenvalue weighted by molar-refractivity contribution is 0.956. The van der Waals surface area contributed by atoms with Crippen molar-refractivity contribution in [2.24, 2.45) is 0 Å². The summed E-state index contributed by atoms with van der Waals surface area (Å²) in [6.07, 6.45) is 3.38. The van der Waals surface area contributed by atoms with E-state index in [1.54, 1.807) is 12.4 Å². The summed E-state index contributed by atoms with van der Waals surface area (Å²) in [7, 11) is 0. The molecule has 0 saturated carbocycles. The molecule has 2 aromatic rings. The standard InChI is InChI=1S/C9H12N6/c1-6-11-3-2-7(14-6)4-12-8-5-13-15-9(8)10/h2-3,5,12H,4H2,1H3,(H3,10,13,15). The molecule has 0 bridgehead atoms. The van der Waals surface area contributed by atoms with E-state index in [2.05, 4.69) is 25.5 Å². The van der Waals surface area contributed by atoms with Crippen LogP contribution < -0.4 is 11.1 Å². The number of hydrogen-bond acceptors (Lipinski definition) is 5. The van der Waals surface area contributed by atoms with Gasteiger partial charge in [-0.3, -0.25) is 5.10 Å². The van der Waals surface area contributed by atoms with Crippen LogP contribution in [0.1, 0.15) is 11.5 Å². The highest BCUT2D eigenvalue weighted by Gasteiger charge is 2.00. The number of nitrogens with zero attached hydrogens (tertiary/aromatic N) is 3. The Labute approximate surface area is 86.9 Å². The van der Waals surface area contributed by atoms with Gasteiger partial charge in [-0.2, -0.15) is 5.10 Å². The van der Waals surface area contributed by atoms with E-state index in [1.807, 2.05) is 13.0 Å². The van der Waals surface area contributed by atoms with Gasteiger partial charge in [-0.15, -0.1) is 0 Å². The summed E-state index contributed by atoms with van der Waals surface area (Å²) in [6, 6.07) is 1.86. The number of rotatable bonds is 3. The van der Waals surface area contributed by atoms with Crippen LogP contribution in [0.15, 0.2) is 18.5 Å². The van der Waals surface area contributed by atoms with Gasteiger partial charge in [0.25, 0.3) is 0 Å². The highest BCUT2D eigenvalue weighted by molar-refractivity contribution is 5.59. The van der Waals surface area contributed by atoms with Gasteiger partial charge < -0.3 is 11.1 Å². The molecule has 0 radical (unpaired) electrons. The molecule has 2 rings (SSSR count). The number of nitrogens with one attached hydrogen (secondary N) is 2. The number of nitrogen functional groups attached to an aromatic ring is 1. The van der Waals surface area contributed by atoms with Crippen molar-refractivity contribution in [1.29, 1.82) is 0 Å².